The number of hydrogen-bond acceptors (Lipinski definition) is 0. The van der Waals surface area contributed by atoms with Gasteiger partial charge in [-0.05, 0) is 43.8 Å². The zero-order chi connectivity index (χ0) is 15.6. The highest BCUT2D eigenvalue weighted by molar-refractivity contribution is 6.06. The maximum absolute atomic E-state index is 2.36. The summed E-state index contributed by atoms with van der Waals surface area (Å²) in [7, 11) is 0. The van der Waals surface area contributed by atoms with Crippen molar-refractivity contribution in [3.8, 4) is 11.1 Å². The quantitative estimate of drug-likeness (QED) is 0.357. The first-order valence-corrected chi connectivity index (χ1v) is 8.23. The van der Waals surface area contributed by atoms with Gasteiger partial charge in [0.1, 0.15) is 0 Å². The molecule has 0 heterocycles. The second-order valence-electron chi connectivity index (χ2n) is 7.04. The minimum Gasteiger partial charge on any atom is -0.0616 e. The van der Waals surface area contributed by atoms with Gasteiger partial charge in [-0.25, -0.2) is 0 Å². The van der Waals surface area contributed by atoms with E-state index in [1.54, 1.807) is 0 Å². The van der Waals surface area contributed by atoms with Crippen molar-refractivity contribution < 1.29 is 0 Å². The maximum Gasteiger partial charge on any atom is 0.0165 e. The van der Waals surface area contributed by atoms with Crippen molar-refractivity contribution in [2.75, 3.05) is 0 Å². The molecule has 4 aromatic rings. The summed E-state index contributed by atoms with van der Waals surface area (Å²) >= 11 is 0. The molecule has 1 aliphatic rings. The van der Waals surface area contributed by atoms with E-state index in [2.05, 4.69) is 86.6 Å². The molecule has 0 amide bonds. The van der Waals surface area contributed by atoms with E-state index < -0.39 is 0 Å². The first-order valence-electron chi connectivity index (χ1n) is 8.23. The lowest BCUT2D eigenvalue weighted by molar-refractivity contribution is 0.667. The van der Waals surface area contributed by atoms with Gasteiger partial charge in [0.05, 0.1) is 0 Å². The van der Waals surface area contributed by atoms with Crippen molar-refractivity contribution in [3.63, 3.8) is 0 Å². The van der Waals surface area contributed by atoms with Gasteiger partial charge in [-0.1, -0.05) is 86.6 Å². The van der Waals surface area contributed by atoms with Crippen molar-refractivity contribution in [2.24, 2.45) is 0 Å². The third kappa shape index (κ3) is 1.56. The van der Waals surface area contributed by atoms with Gasteiger partial charge < -0.3 is 0 Å². The number of fused-ring (bicyclic) bond motifs is 7. The smallest absolute Gasteiger partial charge is 0.0165 e. The van der Waals surface area contributed by atoms with Crippen LogP contribution in [-0.2, 0) is 5.41 Å². The fourth-order valence-corrected chi connectivity index (χ4v) is 4.37. The summed E-state index contributed by atoms with van der Waals surface area (Å²) < 4.78 is 0. The molecule has 0 fully saturated rings. The third-order valence-electron chi connectivity index (χ3n) is 5.43. The average molecular weight is 294 g/mol. The standard InChI is InChI=1S/C23H18/c1-23(2)20-14-12-15-7-3-5-9-17(15)21(20)19-13-11-16-8-4-6-10-18(16)22(19)23/h3-14H,1-2H3. The summed E-state index contributed by atoms with van der Waals surface area (Å²) in [6.07, 6.45) is 0. The van der Waals surface area contributed by atoms with Crippen LogP contribution >= 0.6 is 0 Å². The number of hydrogen-bond donors (Lipinski definition) is 0. The van der Waals surface area contributed by atoms with Gasteiger partial charge in [0.15, 0.2) is 0 Å². The zero-order valence-electron chi connectivity index (χ0n) is 13.4. The highest BCUT2D eigenvalue weighted by atomic mass is 14.4. The summed E-state index contributed by atoms with van der Waals surface area (Å²) in [5.41, 5.74) is 5.79. The van der Waals surface area contributed by atoms with Gasteiger partial charge in [0.2, 0.25) is 0 Å². The molecule has 0 aromatic heterocycles. The summed E-state index contributed by atoms with van der Waals surface area (Å²) in [5.74, 6) is 0. The van der Waals surface area contributed by atoms with E-state index in [0.29, 0.717) is 0 Å². The van der Waals surface area contributed by atoms with Crippen LogP contribution in [0.25, 0.3) is 32.7 Å². The topological polar surface area (TPSA) is 0 Å². The normalized spacial score (nSPS) is 14.9. The summed E-state index contributed by atoms with van der Waals surface area (Å²) in [5, 5.41) is 5.40. The molecule has 0 heteroatoms. The molecule has 0 spiro atoms. The van der Waals surface area contributed by atoms with E-state index in [1.165, 1.54) is 43.8 Å². The average Bonchev–Trinajstić information content (AvgIpc) is 2.83. The Labute approximate surface area is 136 Å². The highest BCUT2D eigenvalue weighted by Gasteiger charge is 2.37. The van der Waals surface area contributed by atoms with Crippen LogP contribution in [0, 0.1) is 0 Å². The number of benzene rings is 4. The minimum atomic E-state index is 0.0373. The Hall–Kier alpha value is -2.60. The van der Waals surface area contributed by atoms with E-state index in [-0.39, 0.29) is 5.41 Å². The molecule has 5 rings (SSSR count). The van der Waals surface area contributed by atoms with Crippen LogP contribution in [0.15, 0.2) is 72.8 Å². The Morgan fingerprint density at radius 3 is 2.00 bits per heavy atom. The fourth-order valence-electron chi connectivity index (χ4n) is 4.37. The van der Waals surface area contributed by atoms with Crippen LogP contribution in [0.4, 0.5) is 0 Å². The third-order valence-corrected chi connectivity index (χ3v) is 5.43. The summed E-state index contributed by atoms with van der Waals surface area (Å²) in [6.45, 7) is 4.72. The zero-order valence-corrected chi connectivity index (χ0v) is 13.4. The molecule has 23 heavy (non-hydrogen) atoms. The molecule has 0 bridgehead atoms. The van der Waals surface area contributed by atoms with Gasteiger partial charge in [-0.3, -0.25) is 0 Å². The Morgan fingerprint density at radius 1 is 0.609 bits per heavy atom. The van der Waals surface area contributed by atoms with Gasteiger partial charge >= 0.3 is 0 Å². The van der Waals surface area contributed by atoms with Gasteiger partial charge in [0, 0.05) is 5.41 Å². The van der Waals surface area contributed by atoms with Crippen LogP contribution < -0.4 is 0 Å². The molecule has 0 unspecified atom stereocenters. The lowest BCUT2D eigenvalue weighted by atomic mass is 9.80. The van der Waals surface area contributed by atoms with E-state index >= 15 is 0 Å². The first-order chi connectivity index (χ1) is 11.2. The molecule has 0 radical (unpaired) electrons. The molecule has 4 aromatic carbocycles. The Kier molecular flexibility index (Phi) is 2.37. The van der Waals surface area contributed by atoms with Gasteiger partial charge in [0.25, 0.3) is 0 Å². The van der Waals surface area contributed by atoms with E-state index in [1.807, 2.05) is 0 Å². The largest absolute Gasteiger partial charge is 0.0616 e. The maximum atomic E-state index is 2.36. The van der Waals surface area contributed by atoms with Crippen LogP contribution in [0.2, 0.25) is 0 Å². The van der Waals surface area contributed by atoms with Crippen molar-refractivity contribution in [3.05, 3.63) is 83.9 Å². The lowest BCUT2D eigenvalue weighted by Crippen LogP contribution is -2.15. The summed E-state index contributed by atoms with van der Waals surface area (Å²) in [6, 6.07) is 26.7. The van der Waals surface area contributed by atoms with E-state index in [9.17, 15) is 0 Å². The fraction of sp³-hybridized carbons (Fsp3) is 0.130. The second-order valence-corrected chi connectivity index (χ2v) is 7.04. The molecule has 0 saturated carbocycles. The van der Waals surface area contributed by atoms with Gasteiger partial charge in [-0.15, -0.1) is 0 Å². The van der Waals surface area contributed by atoms with Crippen LogP contribution in [-0.4, -0.2) is 0 Å². The Bertz CT molecular complexity index is 1080. The predicted octanol–water partition coefficient (Wildman–Crippen LogP) is 6.30. The van der Waals surface area contributed by atoms with Crippen LogP contribution in [0.5, 0.6) is 0 Å². The molecular formula is C23H18. The molecule has 1 aliphatic carbocycles. The molecule has 0 aliphatic heterocycles. The van der Waals surface area contributed by atoms with Crippen molar-refractivity contribution in [1.82, 2.24) is 0 Å². The number of rotatable bonds is 0. The molecule has 110 valence electrons. The minimum absolute atomic E-state index is 0.0373. The Morgan fingerprint density at radius 2 is 1.22 bits per heavy atom. The van der Waals surface area contributed by atoms with Crippen molar-refractivity contribution in [1.29, 1.82) is 0 Å². The molecule has 0 atom stereocenters. The molecular weight excluding hydrogens is 276 g/mol. The molecule has 0 saturated heterocycles. The first kappa shape index (κ1) is 12.9. The Balaban J connectivity index is 2.01. The predicted molar refractivity (Wildman–Crippen MR) is 99.0 cm³/mol. The van der Waals surface area contributed by atoms with Crippen LogP contribution in [0.3, 0.4) is 0 Å². The van der Waals surface area contributed by atoms with Crippen molar-refractivity contribution in [2.45, 2.75) is 19.3 Å². The van der Waals surface area contributed by atoms with Crippen LogP contribution in [0.1, 0.15) is 25.0 Å². The van der Waals surface area contributed by atoms with E-state index in [0.717, 1.165) is 0 Å². The van der Waals surface area contributed by atoms with Gasteiger partial charge in [-0.2, -0.15) is 0 Å². The monoisotopic (exact) mass is 294 g/mol. The SMILES string of the molecule is CC1(C)c2ccc3ccccc3c2-c2ccc3ccccc3c21. The second kappa shape index (κ2) is 4.23. The van der Waals surface area contributed by atoms with E-state index in [4.69, 9.17) is 0 Å². The van der Waals surface area contributed by atoms with Crippen molar-refractivity contribution >= 4 is 21.5 Å². The lowest BCUT2D eigenvalue weighted by Gasteiger charge is -2.23. The molecule has 0 nitrogen and oxygen atoms in total. The summed E-state index contributed by atoms with van der Waals surface area (Å²) in [4.78, 5) is 0. The molecule has 0 N–H and O–H groups in total. The highest BCUT2D eigenvalue weighted by Crippen LogP contribution is 2.53.